The summed E-state index contributed by atoms with van der Waals surface area (Å²) in [7, 11) is 0. The maximum absolute atomic E-state index is 12.4. The van der Waals surface area contributed by atoms with Gasteiger partial charge in [-0.15, -0.1) is 0 Å². The van der Waals surface area contributed by atoms with Crippen molar-refractivity contribution in [2.45, 2.75) is 37.4 Å². The second-order valence-corrected chi connectivity index (χ2v) is 6.07. The molecule has 3 unspecified atom stereocenters. The van der Waals surface area contributed by atoms with Crippen molar-refractivity contribution in [1.82, 2.24) is 16.0 Å². The van der Waals surface area contributed by atoms with Crippen LogP contribution < -0.4 is 33.2 Å². The van der Waals surface area contributed by atoms with Crippen molar-refractivity contribution in [2.24, 2.45) is 22.2 Å². The van der Waals surface area contributed by atoms with Gasteiger partial charge in [-0.3, -0.25) is 24.2 Å². The summed E-state index contributed by atoms with van der Waals surface area (Å²) < 4.78 is 0. The zero-order valence-corrected chi connectivity index (χ0v) is 16.0. The fourth-order valence-corrected chi connectivity index (χ4v) is 2.05. The van der Waals surface area contributed by atoms with Gasteiger partial charge in [0.15, 0.2) is 5.96 Å². The van der Waals surface area contributed by atoms with Gasteiger partial charge >= 0.3 is 11.9 Å². The van der Waals surface area contributed by atoms with Gasteiger partial charge in [-0.1, -0.05) is 0 Å². The number of hydrogen-bond donors (Lipinski definition) is 9. The first kappa shape index (κ1) is 26.5. The molecule has 3 amide bonds. The summed E-state index contributed by atoms with van der Waals surface area (Å²) in [5.74, 6) is -5.74. The van der Waals surface area contributed by atoms with Crippen LogP contribution in [0, 0.1) is 0 Å². The number of aliphatic hydroxyl groups excluding tert-OH is 1. The number of aliphatic hydroxyl groups is 1. The second kappa shape index (κ2) is 13.7. The molecule has 0 rings (SSSR count). The highest BCUT2D eigenvalue weighted by Crippen LogP contribution is 2.02. The Labute approximate surface area is 171 Å². The van der Waals surface area contributed by atoms with Gasteiger partial charge in [0, 0.05) is 6.54 Å². The number of aliphatic carboxylic acids is 2. The Hall–Kier alpha value is -3.46. The Morgan fingerprint density at radius 1 is 0.967 bits per heavy atom. The molecule has 0 aliphatic carbocycles. The van der Waals surface area contributed by atoms with Crippen LogP contribution in [-0.4, -0.2) is 88.8 Å². The minimum Gasteiger partial charge on any atom is -0.481 e. The third kappa shape index (κ3) is 11.4. The number of carboxylic acid groups (broad SMARTS) is 2. The van der Waals surface area contributed by atoms with Gasteiger partial charge in [0.1, 0.15) is 18.1 Å². The van der Waals surface area contributed by atoms with Gasteiger partial charge in [-0.25, -0.2) is 4.79 Å². The van der Waals surface area contributed by atoms with E-state index in [1.165, 1.54) is 0 Å². The Morgan fingerprint density at radius 3 is 2.10 bits per heavy atom. The molecular weight excluding hydrogens is 406 g/mol. The summed E-state index contributed by atoms with van der Waals surface area (Å²) in [6.07, 6.45) is -0.669. The number of carboxylic acids is 2. The summed E-state index contributed by atoms with van der Waals surface area (Å²) in [4.78, 5) is 61.5. The van der Waals surface area contributed by atoms with Crippen LogP contribution in [0.4, 0.5) is 0 Å². The molecule has 0 aliphatic rings. The van der Waals surface area contributed by atoms with Crippen LogP contribution in [0.5, 0.6) is 0 Å². The number of aliphatic imine (C=N–C) groups is 1. The molecule has 0 heterocycles. The third-order valence-corrected chi connectivity index (χ3v) is 3.55. The molecule has 0 spiro atoms. The Kier molecular flexibility index (Phi) is 12.1. The molecular formula is C15H27N7O8. The Bertz CT molecular complexity index is 665. The molecule has 15 nitrogen and oxygen atoms in total. The van der Waals surface area contributed by atoms with Crippen LogP contribution in [0.1, 0.15) is 19.3 Å². The highest BCUT2D eigenvalue weighted by molar-refractivity contribution is 5.93. The molecule has 0 aromatic heterocycles. The summed E-state index contributed by atoms with van der Waals surface area (Å²) >= 11 is 0. The summed E-state index contributed by atoms with van der Waals surface area (Å²) in [5.41, 5.74) is 15.7. The summed E-state index contributed by atoms with van der Waals surface area (Å²) in [6, 6.07) is -4.20. The zero-order valence-electron chi connectivity index (χ0n) is 16.0. The lowest BCUT2D eigenvalue weighted by molar-refractivity contribution is -0.147. The molecule has 15 heteroatoms. The largest absolute Gasteiger partial charge is 0.481 e. The average Bonchev–Trinajstić information content (AvgIpc) is 2.66. The lowest BCUT2D eigenvalue weighted by Gasteiger charge is -2.21. The fraction of sp³-hybridized carbons (Fsp3) is 0.600. The van der Waals surface area contributed by atoms with Crippen molar-refractivity contribution >= 4 is 35.6 Å². The Balaban J connectivity index is 5.06. The van der Waals surface area contributed by atoms with Crippen LogP contribution in [0.2, 0.25) is 0 Å². The van der Waals surface area contributed by atoms with Crippen molar-refractivity contribution in [3.05, 3.63) is 0 Å². The summed E-state index contributed by atoms with van der Waals surface area (Å²) in [5, 5.41) is 33.1. The molecule has 170 valence electrons. The van der Waals surface area contributed by atoms with Gasteiger partial charge in [0.25, 0.3) is 0 Å². The van der Waals surface area contributed by atoms with E-state index in [9.17, 15) is 24.0 Å². The molecule has 30 heavy (non-hydrogen) atoms. The summed E-state index contributed by atoms with van der Waals surface area (Å²) in [6.45, 7) is -1.09. The van der Waals surface area contributed by atoms with E-state index in [1.54, 1.807) is 0 Å². The quantitative estimate of drug-likeness (QED) is 0.0710. The van der Waals surface area contributed by atoms with Crippen molar-refractivity contribution < 1.29 is 39.3 Å². The fourth-order valence-electron chi connectivity index (χ4n) is 2.05. The van der Waals surface area contributed by atoms with Crippen molar-refractivity contribution in [1.29, 1.82) is 0 Å². The first-order valence-corrected chi connectivity index (χ1v) is 8.71. The first-order chi connectivity index (χ1) is 14.0. The second-order valence-electron chi connectivity index (χ2n) is 6.07. The monoisotopic (exact) mass is 433 g/mol. The zero-order chi connectivity index (χ0) is 23.3. The normalized spacial score (nSPS) is 13.3. The van der Waals surface area contributed by atoms with Crippen LogP contribution in [0.25, 0.3) is 0 Å². The number of hydrogen-bond acceptors (Lipinski definition) is 8. The predicted molar refractivity (Wildman–Crippen MR) is 102 cm³/mol. The van der Waals surface area contributed by atoms with Crippen molar-refractivity contribution in [3.8, 4) is 0 Å². The van der Waals surface area contributed by atoms with E-state index in [0.29, 0.717) is 0 Å². The van der Waals surface area contributed by atoms with Crippen LogP contribution in [0.15, 0.2) is 4.99 Å². The van der Waals surface area contributed by atoms with Crippen LogP contribution >= 0.6 is 0 Å². The van der Waals surface area contributed by atoms with E-state index in [2.05, 4.69) is 15.6 Å². The van der Waals surface area contributed by atoms with Gasteiger partial charge < -0.3 is 48.5 Å². The number of carbonyl (C=O) groups excluding carboxylic acids is 3. The highest BCUT2D eigenvalue weighted by Gasteiger charge is 2.28. The van der Waals surface area contributed by atoms with E-state index < -0.39 is 67.4 Å². The molecule has 0 bridgehead atoms. The minimum absolute atomic E-state index is 0.0160. The van der Waals surface area contributed by atoms with E-state index in [1.807, 2.05) is 5.32 Å². The molecule has 0 radical (unpaired) electrons. The van der Waals surface area contributed by atoms with Gasteiger partial charge in [-0.05, 0) is 12.8 Å². The standard InChI is InChI=1S/C15H27N7O8/c16-7(6-23)12(27)20-5-10(24)21-8(2-1-3-19-15(17)18)13(28)22-9(14(29)30)4-11(25)26/h7-9,23H,1-6,16H2,(H,20,27)(H,21,24)(H,22,28)(H,25,26)(H,29,30)(H4,17,18,19). The molecule has 3 atom stereocenters. The molecule has 0 saturated carbocycles. The minimum atomic E-state index is -1.71. The smallest absolute Gasteiger partial charge is 0.326 e. The molecule has 0 aromatic carbocycles. The predicted octanol–water partition coefficient (Wildman–Crippen LogP) is -5.00. The Morgan fingerprint density at radius 2 is 1.60 bits per heavy atom. The number of rotatable bonds is 14. The molecule has 0 aliphatic heterocycles. The third-order valence-electron chi connectivity index (χ3n) is 3.55. The van der Waals surface area contributed by atoms with E-state index >= 15 is 0 Å². The number of guanidine groups is 1. The lowest BCUT2D eigenvalue weighted by atomic mass is 10.1. The maximum Gasteiger partial charge on any atom is 0.326 e. The van der Waals surface area contributed by atoms with Crippen LogP contribution in [-0.2, 0) is 24.0 Å². The van der Waals surface area contributed by atoms with Gasteiger partial charge in [-0.2, -0.15) is 0 Å². The van der Waals surface area contributed by atoms with Gasteiger partial charge in [0.05, 0.1) is 19.6 Å². The average molecular weight is 433 g/mol. The molecule has 0 aromatic rings. The van der Waals surface area contributed by atoms with E-state index in [0.717, 1.165) is 0 Å². The van der Waals surface area contributed by atoms with Crippen molar-refractivity contribution in [2.75, 3.05) is 19.7 Å². The maximum atomic E-state index is 12.4. The van der Waals surface area contributed by atoms with Gasteiger partial charge in [0.2, 0.25) is 17.7 Å². The number of nitrogens with one attached hydrogen (secondary N) is 3. The SMILES string of the molecule is NC(N)=NCCCC(NC(=O)CNC(=O)C(N)CO)C(=O)NC(CC(=O)O)C(=O)O. The van der Waals surface area contributed by atoms with E-state index in [-0.39, 0.29) is 25.3 Å². The van der Waals surface area contributed by atoms with E-state index in [4.69, 9.17) is 32.5 Å². The molecule has 0 saturated heterocycles. The number of nitrogens with zero attached hydrogens (tertiary/aromatic N) is 1. The highest BCUT2D eigenvalue weighted by atomic mass is 16.4. The topological polar surface area (TPSA) is 273 Å². The lowest BCUT2D eigenvalue weighted by Crippen LogP contribution is -2.54. The molecule has 12 N–H and O–H groups in total. The number of nitrogens with two attached hydrogens (primary N) is 3. The first-order valence-electron chi connectivity index (χ1n) is 8.71. The number of carbonyl (C=O) groups is 5. The number of amides is 3. The molecule has 0 fully saturated rings. The van der Waals surface area contributed by atoms with Crippen molar-refractivity contribution in [3.63, 3.8) is 0 Å². The van der Waals surface area contributed by atoms with Crippen LogP contribution in [0.3, 0.4) is 0 Å².